The van der Waals surface area contributed by atoms with Crippen molar-refractivity contribution in [1.82, 2.24) is 0 Å². The van der Waals surface area contributed by atoms with Crippen LogP contribution in [0.25, 0.3) is 0 Å². The number of fused-ring (bicyclic) bond motifs is 2. The Hall–Kier alpha value is -1.33. The molecule has 0 aromatic heterocycles. The zero-order valence-corrected chi connectivity index (χ0v) is 10.1. The molecule has 0 N–H and O–H groups in total. The van der Waals surface area contributed by atoms with Crippen LogP contribution in [0.5, 0.6) is 0 Å². The highest BCUT2D eigenvalue weighted by Gasteiger charge is 2.30. The van der Waals surface area contributed by atoms with Gasteiger partial charge in [0.25, 0.3) is 0 Å². The first-order valence-electron chi connectivity index (χ1n) is 5.44. The van der Waals surface area contributed by atoms with E-state index in [2.05, 4.69) is 12.1 Å². The van der Waals surface area contributed by atoms with Crippen LogP contribution in [0.1, 0.15) is 11.1 Å². The molecule has 2 aromatic carbocycles. The van der Waals surface area contributed by atoms with Gasteiger partial charge in [0.1, 0.15) is 7.14 Å². The molecule has 0 aliphatic carbocycles. The van der Waals surface area contributed by atoms with Crippen molar-refractivity contribution in [2.75, 3.05) is 6.66 Å². The summed E-state index contributed by atoms with van der Waals surface area (Å²) in [5.41, 5.74) is 2.43. The lowest BCUT2D eigenvalue weighted by Crippen LogP contribution is -2.27. The maximum absolute atomic E-state index is 12.9. The highest BCUT2D eigenvalue weighted by molar-refractivity contribution is 7.78. The van der Waals surface area contributed by atoms with Crippen LogP contribution >= 0.6 is 7.14 Å². The number of hydrogen-bond acceptors (Lipinski definition) is 1. The molecule has 0 amide bonds. The molecule has 16 heavy (non-hydrogen) atoms. The van der Waals surface area contributed by atoms with Crippen molar-refractivity contribution < 1.29 is 4.57 Å². The molecule has 1 aliphatic heterocycles. The van der Waals surface area contributed by atoms with Gasteiger partial charge in [-0.3, -0.25) is 0 Å². The maximum Gasteiger partial charge on any atom is 0.140 e. The van der Waals surface area contributed by atoms with Crippen molar-refractivity contribution >= 4 is 17.8 Å². The fourth-order valence-electron chi connectivity index (χ4n) is 2.49. The Morgan fingerprint density at radius 1 is 0.875 bits per heavy atom. The third-order valence-corrected chi connectivity index (χ3v) is 5.99. The molecule has 0 saturated carbocycles. The Morgan fingerprint density at radius 2 is 1.31 bits per heavy atom. The van der Waals surface area contributed by atoms with E-state index >= 15 is 0 Å². The minimum atomic E-state index is -2.37. The van der Waals surface area contributed by atoms with Crippen LogP contribution in [0.15, 0.2) is 48.5 Å². The Kier molecular flexibility index (Phi) is 2.05. The molecule has 2 heteroatoms. The van der Waals surface area contributed by atoms with Gasteiger partial charge in [0.15, 0.2) is 0 Å². The third-order valence-electron chi connectivity index (χ3n) is 3.28. The SMILES string of the molecule is CP1(=O)c2ccccc2Cc2ccccc21. The molecule has 1 heterocycles. The lowest BCUT2D eigenvalue weighted by molar-refractivity contribution is 0.590. The Labute approximate surface area is 95.5 Å². The van der Waals surface area contributed by atoms with Gasteiger partial charge >= 0.3 is 0 Å². The Balaban J connectivity index is 2.33. The molecule has 2 aromatic rings. The van der Waals surface area contributed by atoms with E-state index in [9.17, 15) is 4.57 Å². The molecule has 0 bridgehead atoms. The molecule has 0 radical (unpaired) electrons. The molecule has 0 fully saturated rings. The Bertz CT molecular complexity index is 552. The predicted octanol–water partition coefficient (Wildman–Crippen LogP) is 2.53. The first-order chi connectivity index (χ1) is 7.69. The lowest BCUT2D eigenvalue weighted by atomic mass is 10.0. The fraction of sp³-hybridized carbons (Fsp3) is 0.143. The largest absolute Gasteiger partial charge is 0.314 e. The van der Waals surface area contributed by atoms with Crippen LogP contribution in [0.3, 0.4) is 0 Å². The van der Waals surface area contributed by atoms with E-state index < -0.39 is 7.14 Å². The van der Waals surface area contributed by atoms with Crippen LogP contribution in [0.4, 0.5) is 0 Å². The van der Waals surface area contributed by atoms with Gasteiger partial charge in [-0.15, -0.1) is 0 Å². The summed E-state index contributed by atoms with van der Waals surface area (Å²) in [5, 5.41) is 2.07. The summed E-state index contributed by atoms with van der Waals surface area (Å²) in [7, 11) is -2.37. The summed E-state index contributed by atoms with van der Waals surface area (Å²) >= 11 is 0. The molecule has 3 rings (SSSR count). The van der Waals surface area contributed by atoms with E-state index in [0.717, 1.165) is 17.0 Å². The van der Waals surface area contributed by atoms with Crippen LogP contribution in [0, 0.1) is 0 Å². The average Bonchev–Trinajstić information content (AvgIpc) is 2.29. The summed E-state index contributed by atoms with van der Waals surface area (Å²) in [5.74, 6) is 0. The molecule has 80 valence electrons. The van der Waals surface area contributed by atoms with Gasteiger partial charge in [0.2, 0.25) is 0 Å². The minimum absolute atomic E-state index is 0.907. The first-order valence-corrected chi connectivity index (χ1v) is 7.59. The normalized spacial score (nSPS) is 16.3. The number of benzene rings is 2. The van der Waals surface area contributed by atoms with Gasteiger partial charge in [0.05, 0.1) is 0 Å². The lowest BCUT2D eigenvalue weighted by Gasteiger charge is -2.25. The standard InChI is InChI=1S/C14H13OP/c1-16(15)13-8-4-2-6-11(13)10-12-7-3-5-9-14(12)16/h2-9H,10H2,1H3. The quantitative estimate of drug-likeness (QED) is 0.633. The van der Waals surface area contributed by atoms with Crippen molar-refractivity contribution in [3.63, 3.8) is 0 Å². The molecule has 0 saturated heterocycles. The van der Waals surface area contributed by atoms with Crippen LogP contribution < -0.4 is 10.6 Å². The summed E-state index contributed by atoms with van der Waals surface area (Å²) in [6, 6.07) is 16.2. The van der Waals surface area contributed by atoms with Gasteiger partial charge < -0.3 is 4.57 Å². The maximum atomic E-state index is 12.9. The van der Waals surface area contributed by atoms with Crippen molar-refractivity contribution in [2.24, 2.45) is 0 Å². The highest BCUT2D eigenvalue weighted by Crippen LogP contribution is 2.44. The second kappa shape index (κ2) is 3.33. The minimum Gasteiger partial charge on any atom is -0.314 e. The fourth-order valence-corrected chi connectivity index (χ4v) is 4.89. The van der Waals surface area contributed by atoms with Gasteiger partial charge in [-0.2, -0.15) is 0 Å². The van der Waals surface area contributed by atoms with Crippen LogP contribution in [-0.4, -0.2) is 6.66 Å². The number of hydrogen-bond donors (Lipinski definition) is 0. The third kappa shape index (κ3) is 1.28. The zero-order chi connectivity index (χ0) is 11.2. The molecule has 1 nitrogen and oxygen atoms in total. The van der Waals surface area contributed by atoms with E-state index in [1.807, 2.05) is 43.1 Å². The summed E-state index contributed by atoms with van der Waals surface area (Å²) < 4.78 is 12.9. The zero-order valence-electron chi connectivity index (χ0n) is 9.18. The van der Waals surface area contributed by atoms with E-state index in [1.165, 1.54) is 11.1 Å². The van der Waals surface area contributed by atoms with Gasteiger partial charge in [-0.25, -0.2) is 0 Å². The molecular weight excluding hydrogens is 215 g/mol. The van der Waals surface area contributed by atoms with Crippen LogP contribution in [-0.2, 0) is 11.0 Å². The molecule has 0 spiro atoms. The van der Waals surface area contributed by atoms with Crippen molar-refractivity contribution in [2.45, 2.75) is 6.42 Å². The molecular formula is C14H13OP. The summed E-state index contributed by atoms with van der Waals surface area (Å²) in [6.07, 6.45) is 0.907. The average molecular weight is 228 g/mol. The second-order valence-electron chi connectivity index (χ2n) is 4.36. The molecule has 0 atom stereocenters. The van der Waals surface area contributed by atoms with Crippen LogP contribution in [0.2, 0.25) is 0 Å². The van der Waals surface area contributed by atoms with Gasteiger partial charge in [-0.05, 0) is 24.2 Å². The van der Waals surface area contributed by atoms with E-state index in [-0.39, 0.29) is 0 Å². The van der Waals surface area contributed by atoms with Crippen molar-refractivity contribution in [1.29, 1.82) is 0 Å². The first kappa shape index (κ1) is 9.86. The summed E-state index contributed by atoms with van der Waals surface area (Å²) in [6.45, 7) is 1.88. The van der Waals surface area contributed by atoms with Crippen molar-refractivity contribution in [3.05, 3.63) is 59.7 Å². The number of rotatable bonds is 0. The summed E-state index contributed by atoms with van der Waals surface area (Å²) in [4.78, 5) is 0. The van der Waals surface area contributed by atoms with E-state index in [1.54, 1.807) is 0 Å². The smallest absolute Gasteiger partial charge is 0.140 e. The van der Waals surface area contributed by atoms with Gasteiger partial charge in [0, 0.05) is 10.6 Å². The second-order valence-corrected chi connectivity index (χ2v) is 7.17. The Morgan fingerprint density at radius 3 is 1.81 bits per heavy atom. The van der Waals surface area contributed by atoms with Gasteiger partial charge in [-0.1, -0.05) is 48.5 Å². The van der Waals surface area contributed by atoms with E-state index in [4.69, 9.17) is 0 Å². The molecule has 0 unspecified atom stereocenters. The van der Waals surface area contributed by atoms with Crippen molar-refractivity contribution in [3.8, 4) is 0 Å². The molecule has 1 aliphatic rings. The monoisotopic (exact) mass is 228 g/mol. The topological polar surface area (TPSA) is 17.1 Å². The van der Waals surface area contributed by atoms with E-state index in [0.29, 0.717) is 0 Å². The highest BCUT2D eigenvalue weighted by atomic mass is 31.2. The predicted molar refractivity (Wildman–Crippen MR) is 68.5 cm³/mol.